The second-order valence-corrected chi connectivity index (χ2v) is 11.0. The molecule has 8 nitrogen and oxygen atoms in total. The Morgan fingerprint density at radius 1 is 1.26 bits per heavy atom. The molecule has 0 saturated carbocycles. The van der Waals surface area contributed by atoms with Crippen LogP contribution in [0.25, 0.3) is 10.2 Å². The zero-order chi connectivity index (χ0) is 24.8. The zero-order valence-corrected chi connectivity index (χ0v) is 22.1. The number of carbonyl (C=O) groups excluding carboxylic acids is 2. The fourth-order valence-corrected chi connectivity index (χ4v) is 6.06. The molecular formula is C26H40N4O4S. The van der Waals surface area contributed by atoms with Crippen molar-refractivity contribution in [2.24, 2.45) is 11.8 Å². The molecule has 2 atom stereocenters. The molecule has 2 aromatic heterocycles. The number of nitrogens with zero attached hydrogens (tertiary/aromatic N) is 3. The fourth-order valence-electron chi connectivity index (χ4n) is 5.24. The van der Waals surface area contributed by atoms with Crippen molar-refractivity contribution in [1.29, 1.82) is 0 Å². The minimum Gasteiger partial charge on any atom is -0.385 e. The van der Waals surface area contributed by atoms with Gasteiger partial charge in [-0.1, -0.05) is 13.8 Å². The minimum atomic E-state index is -0.112. The second kappa shape index (κ2) is 12.3. The van der Waals surface area contributed by atoms with Crippen LogP contribution < -0.4 is 5.32 Å². The summed E-state index contributed by atoms with van der Waals surface area (Å²) in [4.78, 5) is 31.2. The molecule has 0 radical (unpaired) electrons. The van der Waals surface area contributed by atoms with Gasteiger partial charge in [-0.15, -0.1) is 11.3 Å². The molecule has 1 N–H and O–H groups in total. The number of aryl methyl sites for hydroxylation is 1. The highest BCUT2D eigenvalue weighted by Crippen LogP contribution is 2.29. The molecule has 2 unspecified atom stereocenters. The quantitative estimate of drug-likeness (QED) is 0.504. The predicted octanol–water partition coefficient (Wildman–Crippen LogP) is 3.06. The molecule has 0 aromatic carbocycles. The Bertz CT molecular complexity index is 981. The first-order chi connectivity index (χ1) is 17.0. The van der Waals surface area contributed by atoms with Crippen LogP contribution in [0.15, 0.2) is 17.5 Å². The lowest BCUT2D eigenvalue weighted by Gasteiger charge is -2.40. The van der Waals surface area contributed by atoms with Gasteiger partial charge >= 0.3 is 0 Å². The summed E-state index contributed by atoms with van der Waals surface area (Å²) in [5.74, 6) is 0.476. The Hall–Kier alpha value is -1.94. The summed E-state index contributed by atoms with van der Waals surface area (Å²) < 4.78 is 14.0. The van der Waals surface area contributed by atoms with Crippen molar-refractivity contribution in [3.63, 3.8) is 0 Å². The van der Waals surface area contributed by atoms with Crippen LogP contribution >= 0.6 is 11.3 Å². The van der Waals surface area contributed by atoms with Crippen LogP contribution in [-0.4, -0.2) is 91.9 Å². The van der Waals surface area contributed by atoms with Crippen molar-refractivity contribution in [3.8, 4) is 0 Å². The lowest BCUT2D eigenvalue weighted by molar-refractivity contribution is -0.140. The van der Waals surface area contributed by atoms with E-state index >= 15 is 0 Å². The number of thiophene rings is 1. The minimum absolute atomic E-state index is 0.0106. The molecule has 194 valence electrons. The maximum atomic E-state index is 14.1. The Morgan fingerprint density at radius 3 is 2.80 bits per heavy atom. The van der Waals surface area contributed by atoms with Crippen LogP contribution in [0.5, 0.6) is 0 Å². The Labute approximate surface area is 212 Å². The van der Waals surface area contributed by atoms with Crippen molar-refractivity contribution < 1.29 is 19.1 Å². The van der Waals surface area contributed by atoms with E-state index in [0.717, 1.165) is 41.9 Å². The maximum Gasteiger partial charge on any atom is 0.270 e. The molecule has 2 aliphatic rings. The van der Waals surface area contributed by atoms with Crippen LogP contribution in [0.3, 0.4) is 0 Å². The number of ether oxygens (including phenoxy) is 2. The van der Waals surface area contributed by atoms with Gasteiger partial charge < -0.3 is 29.2 Å². The summed E-state index contributed by atoms with van der Waals surface area (Å²) in [6.07, 6.45) is 2.62. The SMILES string of the molecule is COCCCCn1c(C(=O)N(CC(C)C)C2CNCC(C(=O)N3CCOCC3)C2)cc2sccc21. The molecule has 4 heterocycles. The predicted molar refractivity (Wildman–Crippen MR) is 139 cm³/mol. The summed E-state index contributed by atoms with van der Waals surface area (Å²) in [5.41, 5.74) is 1.88. The van der Waals surface area contributed by atoms with Gasteiger partial charge in [-0.3, -0.25) is 9.59 Å². The topological polar surface area (TPSA) is 76.0 Å². The molecule has 9 heteroatoms. The van der Waals surface area contributed by atoms with Gasteiger partial charge in [-0.25, -0.2) is 0 Å². The summed E-state index contributed by atoms with van der Waals surface area (Å²) >= 11 is 1.68. The number of piperidine rings is 1. The van der Waals surface area contributed by atoms with E-state index in [1.54, 1.807) is 18.4 Å². The summed E-state index contributed by atoms with van der Waals surface area (Å²) in [6.45, 7) is 10.4. The number of amides is 2. The number of morpholine rings is 1. The van der Waals surface area contributed by atoms with E-state index in [4.69, 9.17) is 9.47 Å². The van der Waals surface area contributed by atoms with E-state index < -0.39 is 0 Å². The molecule has 0 bridgehead atoms. The van der Waals surface area contributed by atoms with E-state index in [1.807, 2.05) is 9.80 Å². The highest BCUT2D eigenvalue weighted by molar-refractivity contribution is 7.17. The Kier molecular flexibility index (Phi) is 9.21. The van der Waals surface area contributed by atoms with Gasteiger partial charge in [0.05, 0.1) is 29.3 Å². The smallest absolute Gasteiger partial charge is 0.270 e. The monoisotopic (exact) mass is 504 g/mol. The molecule has 2 aromatic rings. The largest absolute Gasteiger partial charge is 0.385 e. The maximum absolute atomic E-state index is 14.1. The Morgan fingerprint density at radius 2 is 2.06 bits per heavy atom. The van der Waals surface area contributed by atoms with E-state index in [0.29, 0.717) is 58.3 Å². The number of aromatic nitrogens is 1. The average Bonchev–Trinajstić information content (AvgIpc) is 3.47. The Balaban J connectivity index is 1.54. The second-order valence-electron chi connectivity index (χ2n) is 10.1. The summed E-state index contributed by atoms with van der Waals surface area (Å²) in [5, 5.41) is 5.54. The van der Waals surface area contributed by atoms with Crippen molar-refractivity contribution >= 4 is 33.4 Å². The van der Waals surface area contributed by atoms with Crippen LogP contribution in [0.2, 0.25) is 0 Å². The number of carbonyl (C=O) groups is 2. The number of hydrogen-bond acceptors (Lipinski definition) is 6. The number of nitrogens with one attached hydrogen (secondary N) is 1. The van der Waals surface area contributed by atoms with Crippen LogP contribution in [0, 0.1) is 11.8 Å². The van der Waals surface area contributed by atoms with Crippen molar-refractivity contribution in [2.75, 3.05) is 59.7 Å². The van der Waals surface area contributed by atoms with Crippen molar-refractivity contribution in [1.82, 2.24) is 19.7 Å². The van der Waals surface area contributed by atoms with E-state index in [9.17, 15) is 9.59 Å². The number of methoxy groups -OCH3 is 1. The van der Waals surface area contributed by atoms with Gasteiger partial charge in [0.15, 0.2) is 0 Å². The lowest BCUT2D eigenvalue weighted by Crippen LogP contribution is -2.56. The normalized spacial score (nSPS) is 21.1. The molecule has 0 aliphatic carbocycles. The van der Waals surface area contributed by atoms with E-state index in [1.165, 1.54) is 0 Å². The number of rotatable bonds is 10. The third-order valence-corrected chi connectivity index (χ3v) is 7.84. The van der Waals surface area contributed by atoms with Gasteiger partial charge in [0.2, 0.25) is 5.91 Å². The summed E-state index contributed by atoms with van der Waals surface area (Å²) in [6, 6.07) is 4.15. The number of fused-ring (bicyclic) bond motifs is 1. The fraction of sp³-hybridized carbons (Fsp3) is 0.692. The van der Waals surface area contributed by atoms with Crippen LogP contribution in [0.1, 0.15) is 43.6 Å². The van der Waals surface area contributed by atoms with Gasteiger partial charge in [-0.2, -0.15) is 0 Å². The van der Waals surface area contributed by atoms with Crippen molar-refractivity contribution in [2.45, 2.75) is 45.7 Å². The lowest BCUT2D eigenvalue weighted by atomic mass is 9.92. The van der Waals surface area contributed by atoms with Crippen LogP contribution in [-0.2, 0) is 20.8 Å². The first kappa shape index (κ1) is 26.1. The van der Waals surface area contributed by atoms with Gasteiger partial charge in [0, 0.05) is 59.0 Å². The molecule has 4 rings (SSSR count). The van der Waals surface area contributed by atoms with Gasteiger partial charge in [-0.05, 0) is 42.7 Å². The van der Waals surface area contributed by atoms with Gasteiger partial charge in [0.25, 0.3) is 5.91 Å². The zero-order valence-electron chi connectivity index (χ0n) is 21.3. The highest BCUT2D eigenvalue weighted by Gasteiger charge is 2.36. The first-order valence-corrected chi connectivity index (χ1v) is 13.8. The highest BCUT2D eigenvalue weighted by atomic mass is 32.1. The molecule has 0 spiro atoms. The molecule has 2 aliphatic heterocycles. The molecule has 2 amide bonds. The summed E-state index contributed by atoms with van der Waals surface area (Å²) in [7, 11) is 1.72. The number of hydrogen-bond donors (Lipinski definition) is 1. The van der Waals surface area contributed by atoms with Crippen molar-refractivity contribution in [3.05, 3.63) is 23.2 Å². The molecular weight excluding hydrogens is 464 g/mol. The van der Waals surface area contributed by atoms with Gasteiger partial charge in [0.1, 0.15) is 5.69 Å². The first-order valence-electron chi connectivity index (χ1n) is 12.9. The third-order valence-electron chi connectivity index (χ3n) is 6.98. The van der Waals surface area contributed by atoms with E-state index in [2.05, 4.69) is 41.2 Å². The molecule has 2 saturated heterocycles. The standard InChI is InChI=1S/C26H40N4O4S/c1-19(2)18-30(21-14-20(16-27-17-21)25(31)28-8-11-34-12-9-28)26(32)23-15-24-22(6-13-35-24)29(23)7-4-5-10-33-3/h6,13,15,19-21,27H,4-5,7-12,14,16-18H2,1-3H3. The van der Waals surface area contributed by atoms with Crippen LogP contribution in [0.4, 0.5) is 0 Å². The number of unbranched alkanes of at least 4 members (excludes halogenated alkanes) is 1. The molecule has 35 heavy (non-hydrogen) atoms. The van der Waals surface area contributed by atoms with E-state index in [-0.39, 0.29) is 23.8 Å². The third kappa shape index (κ3) is 6.25. The molecule has 2 fully saturated rings. The average molecular weight is 505 g/mol.